The molecule has 12 heteroatoms. The lowest BCUT2D eigenvalue weighted by molar-refractivity contribution is -0.137. The second kappa shape index (κ2) is 10.3. The Balaban J connectivity index is 1.60. The van der Waals surface area contributed by atoms with Crippen LogP contribution in [0.2, 0.25) is 0 Å². The van der Waals surface area contributed by atoms with Gasteiger partial charge in [0, 0.05) is 30.4 Å². The van der Waals surface area contributed by atoms with Crippen LogP contribution in [0.5, 0.6) is 0 Å². The Bertz CT molecular complexity index is 1130. The van der Waals surface area contributed by atoms with Gasteiger partial charge < -0.3 is 15.0 Å². The van der Waals surface area contributed by atoms with E-state index in [2.05, 4.69) is 10.0 Å². The van der Waals surface area contributed by atoms with Crippen molar-refractivity contribution in [2.75, 3.05) is 24.4 Å². The highest BCUT2D eigenvalue weighted by molar-refractivity contribution is 7.92. The van der Waals surface area contributed by atoms with Gasteiger partial charge in [-0.15, -0.1) is 0 Å². The molecule has 1 aliphatic rings. The molecule has 2 aromatic rings. The number of carbonyl (C=O) groups excluding carboxylic acids is 2. The van der Waals surface area contributed by atoms with Crippen LogP contribution in [-0.4, -0.2) is 51.1 Å². The summed E-state index contributed by atoms with van der Waals surface area (Å²) >= 11 is 0. The van der Waals surface area contributed by atoms with Crippen LogP contribution in [0.25, 0.3) is 0 Å². The smallest absolute Gasteiger partial charge is 0.416 e. The monoisotopic (exact) mass is 499 g/mol. The second-order valence-corrected chi connectivity index (χ2v) is 9.32. The van der Waals surface area contributed by atoms with Crippen LogP contribution in [0.15, 0.2) is 53.4 Å². The van der Waals surface area contributed by atoms with Gasteiger partial charge in [0.05, 0.1) is 17.1 Å². The quantitative estimate of drug-likeness (QED) is 0.628. The Morgan fingerprint density at radius 1 is 1.09 bits per heavy atom. The fourth-order valence-electron chi connectivity index (χ4n) is 3.45. The van der Waals surface area contributed by atoms with E-state index in [1.165, 1.54) is 30.3 Å². The predicted molar refractivity (Wildman–Crippen MR) is 118 cm³/mol. The summed E-state index contributed by atoms with van der Waals surface area (Å²) in [5, 5.41) is 2.86. The van der Waals surface area contributed by atoms with E-state index in [4.69, 9.17) is 4.74 Å². The number of hydrogen-bond donors (Lipinski definition) is 2. The van der Waals surface area contributed by atoms with Gasteiger partial charge in [-0.3, -0.25) is 9.52 Å². The van der Waals surface area contributed by atoms with Gasteiger partial charge in [-0.05, 0) is 62.2 Å². The van der Waals surface area contributed by atoms with Crippen molar-refractivity contribution < 1.29 is 35.9 Å². The van der Waals surface area contributed by atoms with E-state index in [1.54, 1.807) is 11.8 Å². The van der Waals surface area contributed by atoms with Crippen molar-refractivity contribution in [2.24, 2.45) is 0 Å². The van der Waals surface area contributed by atoms with Gasteiger partial charge in [0.2, 0.25) is 0 Å². The molecule has 1 heterocycles. The summed E-state index contributed by atoms with van der Waals surface area (Å²) < 4.78 is 70.8. The molecule has 0 aromatic heterocycles. The van der Waals surface area contributed by atoms with E-state index in [0.29, 0.717) is 32.0 Å². The largest absolute Gasteiger partial charge is 0.450 e. The molecule has 0 saturated carbocycles. The van der Waals surface area contributed by atoms with Crippen molar-refractivity contribution >= 4 is 27.7 Å². The molecule has 2 amide bonds. The zero-order valence-corrected chi connectivity index (χ0v) is 19.1. The topological polar surface area (TPSA) is 105 Å². The summed E-state index contributed by atoms with van der Waals surface area (Å²) in [7, 11) is -4.16. The number of benzene rings is 2. The standard InChI is InChI=1S/C22H24F3N3O5S/c1-2-33-21(30)28-12-10-17(11-13-28)26-20(29)15-6-8-19(9-7-15)34(31,32)27-18-5-3-4-16(14-18)22(23,24)25/h3-9,14,17,27H,2,10-13H2,1H3,(H,26,29). The summed E-state index contributed by atoms with van der Waals surface area (Å²) in [5.74, 6) is -0.399. The van der Waals surface area contributed by atoms with Gasteiger partial charge in [-0.25, -0.2) is 13.2 Å². The Morgan fingerprint density at radius 3 is 2.32 bits per heavy atom. The maximum Gasteiger partial charge on any atom is 0.416 e. The lowest BCUT2D eigenvalue weighted by Crippen LogP contribution is -2.46. The van der Waals surface area contributed by atoms with Gasteiger partial charge in [0.25, 0.3) is 15.9 Å². The average molecular weight is 500 g/mol. The third-order valence-corrected chi connectivity index (χ3v) is 6.62. The minimum atomic E-state index is -4.61. The van der Waals surface area contributed by atoms with Crippen LogP contribution in [-0.2, 0) is 20.9 Å². The number of carbonyl (C=O) groups is 2. The molecule has 1 aliphatic heterocycles. The van der Waals surface area contributed by atoms with E-state index in [9.17, 15) is 31.2 Å². The number of piperidine rings is 1. The van der Waals surface area contributed by atoms with Crippen LogP contribution in [0, 0.1) is 0 Å². The van der Waals surface area contributed by atoms with Crippen LogP contribution < -0.4 is 10.0 Å². The maximum absolute atomic E-state index is 12.9. The highest BCUT2D eigenvalue weighted by Crippen LogP contribution is 2.31. The summed E-state index contributed by atoms with van der Waals surface area (Å²) in [6, 6.07) is 8.76. The number of anilines is 1. The van der Waals surface area contributed by atoms with E-state index >= 15 is 0 Å². The zero-order valence-electron chi connectivity index (χ0n) is 18.3. The number of likely N-dealkylation sites (tertiary alicyclic amines) is 1. The highest BCUT2D eigenvalue weighted by atomic mass is 32.2. The molecule has 3 rings (SSSR count). The first kappa shape index (κ1) is 25.3. The first-order valence-electron chi connectivity index (χ1n) is 10.5. The van der Waals surface area contributed by atoms with Crippen LogP contribution in [0.1, 0.15) is 35.7 Å². The summed E-state index contributed by atoms with van der Waals surface area (Å²) in [5.41, 5.74) is -0.982. The van der Waals surface area contributed by atoms with Gasteiger partial charge >= 0.3 is 12.3 Å². The highest BCUT2D eigenvalue weighted by Gasteiger charge is 2.31. The molecule has 184 valence electrons. The van der Waals surface area contributed by atoms with Crippen LogP contribution in [0.3, 0.4) is 0 Å². The molecule has 0 atom stereocenters. The Hall–Kier alpha value is -3.28. The number of ether oxygens (including phenoxy) is 1. The normalized spacial score (nSPS) is 15.0. The van der Waals surface area contributed by atoms with Gasteiger partial charge in [-0.2, -0.15) is 13.2 Å². The summed E-state index contributed by atoms with van der Waals surface area (Å²) in [4.78, 5) is 25.6. The Morgan fingerprint density at radius 2 is 1.74 bits per heavy atom. The molecule has 0 unspecified atom stereocenters. The Labute approximate surface area is 195 Å². The molecule has 1 fully saturated rings. The molecular weight excluding hydrogens is 475 g/mol. The molecule has 2 N–H and O–H groups in total. The van der Waals surface area contributed by atoms with Crippen molar-refractivity contribution in [1.82, 2.24) is 10.2 Å². The number of alkyl halides is 3. The number of sulfonamides is 1. The fourth-order valence-corrected chi connectivity index (χ4v) is 4.50. The van der Waals surface area contributed by atoms with Gasteiger partial charge in [-0.1, -0.05) is 6.07 Å². The summed E-state index contributed by atoms with van der Waals surface area (Å²) in [6.07, 6.45) is -3.88. The molecule has 0 bridgehead atoms. The van der Waals surface area contributed by atoms with E-state index in [1.807, 2.05) is 0 Å². The molecule has 0 spiro atoms. The molecule has 34 heavy (non-hydrogen) atoms. The van der Waals surface area contributed by atoms with Crippen molar-refractivity contribution in [3.05, 3.63) is 59.7 Å². The number of nitrogens with zero attached hydrogens (tertiary/aromatic N) is 1. The first-order chi connectivity index (χ1) is 16.0. The lowest BCUT2D eigenvalue weighted by Gasteiger charge is -2.31. The van der Waals surface area contributed by atoms with Crippen molar-refractivity contribution in [2.45, 2.75) is 36.9 Å². The average Bonchev–Trinajstić information content (AvgIpc) is 2.79. The Kier molecular flexibility index (Phi) is 7.70. The van der Waals surface area contributed by atoms with Gasteiger partial charge in [0.15, 0.2) is 0 Å². The SMILES string of the molecule is CCOC(=O)N1CCC(NC(=O)c2ccc(S(=O)(=O)Nc3cccc(C(F)(F)F)c3)cc2)CC1. The zero-order chi connectivity index (χ0) is 24.9. The van der Waals surface area contributed by atoms with Crippen molar-refractivity contribution in [3.63, 3.8) is 0 Å². The molecular formula is C22H24F3N3O5S. The minimum Gasteiger partial charge on any atom is -0.450 e. The van der Waals surface area contributed by atoms with E-state index in [-0.39, 0.29) is 34.9 Å². The number of rotatable bonds is 6. The number of hydrogen-bond acceptors (Lipinski definition) is 5. The third-order valence-electron chi connectivity index (χ3n) is 5.23. The van der Waals surface area contributed by atoms with Crippen molar-refractivity contribution in [1.29, 1.82) is 0 Å². The predicted octanol–water partition coefficient (Wildman–Crippen LogP) is 3.86. The molecule has 0 radical (unpaired) electrons. The molecule has 2 aromatic carbocycles. The minimum absolute atomic E-state index is 0.149. The van der Waals surface area contributed by atoms with E-state index in [0.717, 1.165) is 12.1 Å². The van der Waals surface area contributed by atoms with Crippen LogP contribution >= 0.6 is 0 Å². The maximum atomic E-state index is 12.9. The second-order valence-electron chi connectivity index (χ2n) is 7.64. The van der Waals surface area contributed by atoms with Crippen molar-refractivity contribution in [3.8, 4) is 0 Å². The first-order valence-corrected chi connectivity index (χ1v) is 12.0. The summed E-state index contributed by atoms with van der Waals surface area (Å²) in [6.45, 7) is 2.91. The molecule has 1 saturated heterocycles. The van der Waals surface area contributed by atoms with E-state index < -0.39 is 27.7 Å². The number of nitrogens with one attached hydrogen (secondary N) is 2. The lowest BCUT2D eigenvalue weighted by atomic mass is 10.0. The number of halogens is 3. The molecule has 0 aliphatic carbocycles. The fraction of sp³-hybridized carbons (Fsp3) is 0.364. The number of amides is 2. The molecule has 8 nitrogen and oxygen atoms in total. The third kappa shape index (κ3) is 6.40. The van der Waals surface area contributed by atoms with Crippen LogP contribution in [0.4, 0.5) is 23.7 Å². The van der Waals surface area contributed by atoms with Gasteiger partial charge in [0.1, 0.15) is 0 Å².